The van der Waals surface area contributed by atoms with E-state index in [1.165, 1.54) is 0 Å². The van der Waals surface area contributed by atoms with Gasteiger partial charge in [-0.1, -0.05) is 0 Å². The van der Waals surface area contributed by atoms with Crippen molar-refractivity contribution in [3.8, 4) is 0 Å². The number of nitrogens with one attached hydrogen (secondary N) is 1. The van der Waals surface area contributed by atoms with Crippen molar-refractivity contribution in [1.29, 1.82) is 0 Å². The summed E-state index contributed by atoms with van der Waals surface area (Å²) in [5.74, 6) is -3.19. The molecule has 4 atom stereocenters. The number of ether oxygens (including phenoxy) is 1. The van der Waals surface area contributed by atoms with Crippen molar-refractivity contribution in [1.82, 2.24) is 5.32 Å². The fraction of sp³-hybridized carbons (Fsp3) is 1.00. The molecule has 1 N–H and O–H groups in total. The fourth-order valence-corrected chi connectivity index (χ4v) is 3.53. The maximum Gasteiger partial charge on any atom is 0.257 e. The fourth-order valence-electron chi connectivity index (χ4n) is 3.53. The molecule has 0 aromatic rings. The molecule has 4 heteroatoms. The first kappa shape index (κ1) is 10.9. The van der Waals surface area contributed by atoms with Crippen molar-refractivity contribution in [2.45, 2.75) is 37.7 Å². The largest absolute Gasteiger partial charge is 0.378 e. The lowest BCUT2D eigenvalue weighted by atomic mass is 9.92. The van der Waals surface area contributed by atoms with Crippen LogP contribution in [-0.4, -0.2) is 31.7 Å². The molecule has 2 aliphatic heterocycles. The van der Waals surface area contributed by atoms with Crippen LogP contribution in [0.15, 0.2) is 0 Å². The Morgan fingerprint density at radius 3 is 2.62 bits per heavy atom. The number of piperidine rings is 1. The van der Waals surface area contributed by atoms with E-state index in [1.807, 2.05) is 0 Å². The van der Waals surface area contributed by atoms with E-state index in [1.54, 1.807) is 0 Å². The third-order valence-corrected chi connectivity index (χ3v) is 4.37. The van der Waals surface area contributed by atoms with Crippen LogP contribution in [0.2, 0.25) is 0 Å². The Kier molecular flexibility index (Phi) is 2.67. The lowest BCUT2D eigenvalue weighted by Crippen LogP contribution is -2.32. The molecule has 2 heterocycles. The SMILES string of the molecule is FC1(F)C(C2CCCNC2)C1C1CCCO1. The van der Waals surface area contributed by atoms with Crippen LogP contribution in [0, 0.1) is 17.8 Å². The van der Waals surface area contributed by atoms with Crippen molar-refractivity contribution in [2.24, 2.45) is 17.8 Å². The first-order valence-electron chi connectivity index (χ1n) is 6.41. The zero-order valence-corrected chi connectivity index (χ0v) is 9.42. The Labute approximate surface area is 94.7 Å². The number of alkyl halides is 2. The van der Waals surface area contributed by atoms with Gasteiger partial charge in [0.05, 0.1) is 12.0 Å². The summed E-state index contributed by atoms with van der Waals surface area (Å²) in [4.78, 5) is 0. The maximum atomic E-state index is 13.8. The van der Waals surface area contributed by atoms with Crippen molar-refractivity contribution in [3.63, 3.8) is 0 Å². The highest BCUT2D eigenvalue weighted by Crippen LogP contribution is 2.63. The highest BCUT2D eigenvalue weighted by molar-refractivity contribution is 5.12. The average molecular weight is 231 g/mol. The van der Waals surface area contributed by atoms with Crippen LogP contribution in [-0.2, 0) is 4.74 Å². The highest BCUT2D eigenvalue weighted by Gasteiger charge is 2.73. The Morgan fingerprint density at radius 2 is 2.00 bits per heavy atom. The van der Waals surface area contributed by atoms with Gasteiger partial charge in [-0.2, -0.15) is 0 Å². The molecular weight excluding hydrogens is 212 g/mol. The molecule has 0 amide bonds. The van der Waals surface area contributed by atoms with E-state index in [0.29, 0.717) is 6.61 Å². The predicted molar refractivity (Wildman–Crippen MR) is 56.5 cm³/mol. The van der Waals surface area contributed by atoms with Gasteiger partial charge in [-0.25, -0.2) is 8.78 Å². The van der Waals surface area contributed by atoms with Gasteiger partial charge in [0, 0.05) is 12.5 Å². The van der Waals surface area contributed by atoms with E-state index in [0.717, 1.165) is 38.8 Å². The lowest BCUT2D eigenvalue weighted by molar-refractivity contribution is 0.0278. The molecule has 0 aromatic carbocycles. The number of hydrogen-bond acceptors (Lipinski definition) is 2. The van der Waals surface area contributed by atoms with Gasteiger partial charge >= 0.3 is 0 Å². The number of halogens is 2. The normalized spacial score (nSPS) is 46.9. The molecule has 1 aliphatic carbocycles. The third kappa shape index (κ3) is 1.66. The molecule has 0 bridgehead atoms. The first-order valence-corrected chi connectivity index (χ1v) is 6.41. The van der Waals surface area contributed by atoms with E-state index in [-0.39, 0.29) is 12.0 Å². The summed E-state index contributed by atoms with van der Waals surface area (Å²) >= 11 is 0. The van der Waals surface area contributed by atoms with Crippen LogP contribution in [0.4, 0.5) is 8.78 Å². The summed E-state index contributed by atoms with van der Waals surface area (Å²) < 4.78 is 33.0. The highest BCUT2D eigenvalue weighted by atomic mass is 19.3. The van der Waals surface area contributed by atoms with Gasteiger partial charge in [0.1, 0.15) is 0 Å². The second-order valence-electron chi connectivity index (χ2n) is 5.38. The Hall–Kier alpha value is -0.220. The second-order valence-corrected chi connectivity index (χ2v) is 5.38. The van der Waals surface area contributed by atoms with Crippen LogP contribution in [0.3, 0.4) is 0 Å². The van der Waals surface area contributed by atoms with Crippen LogP contribution >= 0.6 is 0 Å². The van der Waals surface area contributed by atoms with Crippen molar-refractivity contribution in [2.75, 3.05) is 19.7 Å². The predicted octanol–water partition coefficient (Wildman–Crippen LogP) is 2.05. The van der Waals surface area contributed by atoms with Gasteiger partial charge in [-0.05, 0) is 44.7 Å². The van der Waals surface area contributed by atoms with Gasteiger partial charge in [-0.3, -0.25) is 0 Å². The molecule has 3 aliphatic rings. The standard InChI is InChI=1S/C12H19F2NO/c13-12(14)10(8-3-1-5-15-7-8)11(12)9-4-2-6-16-9/h8-11,15H,1-7H2. The summed E-state index contributed by atoms with van der Waals surface area (Å²) in [6.07, 6.45) is 3.61. The van der Waals surface area contributed by atoms with Crippen molar-refractivity contribution in [3.05, 3.63) is 0 Å². The molecule has 3 rings (SSSR count). The minimum absolute atomic E-state index is 0.165. The average Bonchev–Trinajstić information content (AvgIpc) is 2.70. The van der Waals surface area contributed by atoms with Crippen LogP contribution < -0.4 is 5.32 Å². The molecule has 3 fully saturated rings. The van der Waals surface area contributed by atoms with E-state index < -0.39 is 17.8 Å². The number of hydrogen-bond donors (Lipinski definition) is 1. The zero-order valence-electron chi connectivity index (χ0n) is 9.42. The molecule has 0 spiro atoms. The minimum atomic E-state index is -2.46. The third-order valence-electron chi connectivity index (χ3n) is 4.37. The monoisotopic (exact) mass is 231 g/mol. The van der Waals surface area contributed by atoms with E-state index in [9.17, 15) is 8.78 Å². The summed E-state index contributed by atoms with van der Waals surface area (Å²) in [6.45, 7) is 2.43. The summed E-state index contributed by atoms with van der Waals surface area (Å²) in [5.41, 5.74) is 0. The van der Waals surface area contributed by atoms with Crippen LogP contribution in [0.25, 0.3) is 0 Å². The molecule has 2 nitrogen and oxygen atoms in total. The summed E-state index contributed by atoms with van der Waals surface area (Å²) in [5, 5.41) is 3.23. The summed E-state index contributed by atoms with van der Waals surface area (Å²) in [6, 6.07) is 0. The molecule has 1 saturated carbocycles. The minimum Gasteiger partial charge on any atom is -0.378 e. The second kappa shape index (κ2) is 3.91. The van der Waals surface area contributed by atoms with Crippen molar-refractivity contribution >= 4 is 0 Å². The van der Waals surface area contributed by atoms with Crippen molar-refractivity contribution < 1.29 is 13.5 Å². The van der Waals surface area contributed by atoms with E-state index in [2.05, 4.69) is 5.32 Å². The number of rotatable bonds is 2. The van der Waals surface area contributed by atoms with E-state index >= 15 is 0 Å². The molecule has 92 valence electrons. The molecule has 2 saturated heterocycles. The zero-order chi connectivity index (χ0) is 11.2. The molecule has 16 heavy (non-hydrogen) atoms. The van der Waals surface area contributed by atoms with Gasteiger partial charge < -0.3 is 10.1 Å². The maximum absolute atomic E-state index is 13.8. The van der Waals surface area contributed by atoms with Gasteiger partial charge in [0.15, 0.2) is 0 Å². The Morgan fingerprint density at radius 1 is 1.12 bits per heavy atom. The van der Waals surface area contributed by atoms with Gasteiger partial charge in [-0.15, -0.1) is 0 Å². The quantitative estimate of drug-likeness (QED) is 0.785. The van der Waals surface area contributed by atoms with Gasteiger partial charge in [0.25, 0.3) is 5.92 Å². The molecule has 4 unspecified atom stereocenters. The molecular formula is C12H19F2NO. The van der Waals surface area contributed by atoms with Gasteiger partial charge in [0.2, 0.25) is 0 Å². The van der Waals surface area contributed by atoms with Crippen LogP contribution in [0.5, 0.6) is 0 Å². The molecule has 0 radical (unpaired) electrons. The van der Waals surface area contributed by atoms with Crippen LogP contribution in [0.1, 0.15) is 25.7 Å². The topological polar surface area (TPSA) is 21.3 Å². The Bertz CT molecular complexity index is 260. The summed E-state index contributed by atoms with van der Waals surface area (Å²) in [7, 11) is 0. The smallest absolute Gasteiger partial charge is 0.257 e. The first-order chi connectivity index (χ1) is 7.71. The van der Waals surface area contributed by atoms with E-state index in [4.69, 9.17) is 4.74 Å². The molecule has 0 aromatic heterocycles. The Balaban J connectivity index is 1.66. The lowest BCUT2D eigenvalue weighted by Gasteiger charge is -2.22.